The van der Waals surface area contributed by atoms with E-state index in [1.54, 1.807) is 6.07 Å². The first-order valence-corrected chi connectivity index (χ1v) is 6.01. The molecule has 17 heavy (non-hydrogen) atoms. The lowest BCUT2D eigenvalue weighted by atomic mass is 10.2. The Kier molecular flexibility index (Phi) is 3.94. The summed E-state index contributed by atoms with van der Waals surface area (Å²) >= 11 is 5.99. The van der Waals surface area contributed by atoms with Crippen LogP contribution in [0.15, 0.2) is 36.4 Å². The highest BCUT2D eigenvalue weighted by atomic mass is 35.5. The second-order valence-corrected chi connectivity index (χ2v) is 4.08. The second kappa shape index (κ2) is 5.64. The number of nitrogens with one attached hydrogen (secondary N) is 1. The summed E-state index contributed by atoms with van der Waals surface area (Å²) in [7, 11) is 0. The van der Waals surface area contributed by atoms with E-state index in [9.17, 15) is 0 Å². The number of anilines is 1. The fraction of sp³-hybridized carbons (Fsp3) is 0.231. The molecule has 0 radical (unpaired) electrons. The first-order chi connectivity index (χ1) is 8.29. The minimum absolute atomic E-state index is 0.456. The van der Waals surface area contributed by atoms with Gasteiger partial charge in [0.15, 0.2) is 5.82 Å². The summed E-state index contributed by atoms with van der Waals surface area (Å²) in [5, 5.41) is 3.67. The third-order valence-corrected chi connectivity index (χ3v) is 2.48. The molecule has 0 fully saturated rings. The van der Waals surface area contributed by atoms with Crippen LogP contribution in [0, 0.1) is 0 Å². The molecule has 0 aliphatic rings. The van der Waals surface area contributed by atoms with E-state index >= 15 is 0 Å². The van der Waals surface area contributed by atoms with Crippen molar-refractivity contribution in [2.45, 2.75) is 13.3 Å². The molecular weight excluding hydrogens is 234 g/mol. The molecule has 3 nitrogen and oxygen atoms in total. The Morgan fingerprint density at radius 3 is 2.65 bits per heavy atom. The van der Waals surface area contributed by atoms with Crippen molar-refractivity contribution >= 4 is 17.4 Å². The fourth-order valence-electron chi connectivity index (χ4n) is 1.48. The van der Waals surface area contributed by atoms with Crippen molar-refractivity contribution in [2.75, 3.05) is 11.9 Å². The number of hydrogen-bond donors (Lipinski definition) is 1. The third-order valence-electron chi connectivity index (χ3n) is 2.28. The SMILES string of the molecule is CCCNc1cc(Cl)nc(-c2ccccc2)n1. The Labute approximate surface area is 106 Å². The van der Waals surface area contributed by atoms with Crippen molar-refractivity contribution in [1.29, 1.82) is 0 Å². The molecule has 1 N–H and O–H groups in total. The molecular formula is C13H14ClN3. The van der Waals surface area contributed by atoms with Gasteiger partial charge in [-0.25, -0.2) is 9.97 Å². The van der Waals surface area contributed by atoms with Crippen LogP contribution >= 0.6 is 11.6 Å². The van der Waals surface area contributed by atoms with Crippen LogP contribution in [0.5, 0.6) is 0 Å². The normalized spacial score (nSPS) is 10.2. The van der Waals surface area contributed by atoms with Gasteiger partial charge in [0.25, 0.3) is 0 Å². The molecule has 0 bridgehead atoms. The summed E-state index contributed by atoms with van der Waals surface area (Å²) in [6, 6.07) is 11.6. The minimum Gasteiger partial charge on any atom is -0.370 e. The zero-order chi connectivity index (χ0) is 12.1. The van der Waals surface area contributed by atoms with E-state index < -0.39 is 0 Å². The van der Waals surface area contributed by atoms with E-state index in [1.165, 1.54) is 0 Å². The summed E-state index contributed by atoms with van der Waals surface area (Å²) in [5.74, 6) is 1.42. The molecule has 2 aromatic rings. The summed E-state index contributed by atoms with van der Waals surface area (Å²) in [4.78, 5) is 8.66. The minimum atomic E-state index is 0.456. The maximum atomic E-state index is 5.99. The van der Waals surface area contributed by atoms with Gasteiger partial charge in [-0.1, -0.05) is 48.9 Å². The van der Waals surface area contributed by atoms with Gasteiger partial charge in [0.2, 0.25) is 0 Å². The maximum absolute atomic E-state index is 5.99. The topological polar surface area (TPSA) is 37.8 Å². The van der Waals surface area contributed by atoms with E-state index in [0.29, 0.717) is 11.0 Å². The van der Waals surface area contributed by atoms with Crippen LogP contribution in [-0.4, -0.2) is 16.5 Å². The zero-order valence-corrected chi connectivity index (χ0v) is 10.4. The Balaban J connectivity index is 2.32. The van der Waals surface area contributed by atoms with E-state index in [0.717, 1.165) is 24.3 Å². The highest BCUT2D eigenvalue weighted by Crippen LogP contribution is 2.19. The number of rotatable bonds is 4. The number of hydrogen-bond acceptors (Lipinski definition) is 3. The fourth-order valence-corrected chi connectivity index (χ4v) is 1.66. The molecule has 1 heterocycles. The second-order valence-electron chi connectivity index (χ2n) is 3.69. The molecule has 4 heteroatoms. The first kappa shape index (κ1) is 11.9. The molecule has 0 unspecified atom stereocenters. The standard InChI is InChI=1S/C13H14ClN3/c1-2-8-15-12-9-11(14)16-13(17-12)10-6-4-3-5-7-10/h3-7,9H,2,8H2,1H3,(H,15,16,17). The average Bonchev–Trinajstić information content (AvgIpc) is 2.37. The lowest BCUT2D eigenvalue weighted by molar-refractivity contribution is 0.966. The van der Waals surface area contributed by atoms with Gasteiger partial charge in [0.1, 0.15) is 11.0 Å². The average molecular weight is 248 g/mol. The summed E-state index contributed by atoms with van der Waals surface area (Å²) in [5.41, 5.74) is 0.967. The molecule has 0 spiro atoms. The molecule has 88 valence electrons. The Morgan fingerprint density at radius 2 is 1.94 bits per heavy atom. The van der Waals surface area contributed by atoms with Crippen LogP contribution in [-0.2, 0) is 0 Å². The number of aromatic nitrogens is 2. The molecule has 0 amide bonds. The van der Waals surface area contributed by atoms with Gasteiger partial charge >= 0.3 is 0 Å². The summed E-state index contributed by atoms with van der Waals surface area (Å²) in [6.07, 6.45) is 1.04. The predicted octanol–water partition coefficient (Wildman–Crippen LogP) is 3.62. The number of benzene rings is 1. The summed E-state index contributed by atoms with van der Waals surface area (Å²) < 4.78 is 0. The van der Waals surface area contributed by atoms with Gasteiger partial charge in [0, 0.05) is 18.2 Å². The smallest absolute Gasteiger partial charge is 0.163 e. The van der Waals surface area contributed by atoms with Gasteiger partial charge in [-0.15, -0.1) is 0 Å². The number of halogens is 1. The predicted molar refractivity (Wildman–Crippen MR) is 71.3 cm³/mol. The van der Waals surface area contributed by atoms with E-state index in [-0.39, 0.29) is 0 Å². The van der Waals surface area contributed by atoms with Crippen LogP contribution in [0.25, 0.3) is 11.4 Å². The maximum Gasteiger partial charge on any atom is 0.163 e. The Morgan fingerprint density at radius 1 is 1.18 bits per heavy atom. The van der Waals surface area contributed by atoms with E-state index in [2.05, 4.69) is 22.2 Å². The van der Waals surface area contributed by atoms with Crippen LogP contribution in [0.2, 0.25) is 5.15 Å². The Bertz CT molecular complexity index is 485. The van der Waals surface area contributed by atoms with Crippen molar-refractivity contribution in [3.63, 3.8) is 0 Å². The van der Waals surface area contributed by atoms with Crippen LogP contribution in [0.3, 0.4) is 0 Å². The largest absolute Gasteiger partial charge is 0.370 e. The van der Waals surface area contributed by atoms with Crippen molar-refractivity contribution in [3.05, 3.63) is 41.6 Å². The quantitative estimate of drug-likeness (QED) is 0.839. The molecule has 0 saturated heterocycles. The first-order valence-electron chi connectivity index (χ1n) is 5.63. The van der Waals surface area contributed by atoms with Crippen molar-refractivity contribution in [2.24, 2.45) is 0 Å². The molecule has 0 atom stereocenters. The van der Waals surface area contributed by atoms with Crippen molar-refractivity contribution < 1.29 is 0 Å². The lowest BCUT2D eigenvalue weighted by Gasteiger charge is -2.06. The Hall–Kier alpha value is -1.61. The van der Waals surface area contributed by atoms with Gasteiger partial charge in [0.05, 0.1) is 0 Å². The summed E-state index contributed by atoms with van der Waals surface area (Å²) in [6.45, 7) is 2.98. The van der Waals surface area contributed by atoms with E-state index in [1.807, 2.05) is 30.3 Å². The molecule has 1 aromatic heterocycles. The third kappa shape index (κ3) is 3.17. The van der Waals surface area contributed by atoms with Gasteiger partial charge in [-0.3, -0.25) is 0 Å². The zero-order valence-electron chi connectivity index (χ0n) is 9.65. The molecule has 0 aliphatic heterocycles. The van der Waals surface area contributed by atoms with E-state index in [4.69, 9.17) is 11.6 Å². The molecule has 1 aromatic carbocycles. The highest BCUT2D eigenvalue weighted by molar-refractivity contribution is 6.29. The van der Waals surface area contributed by atoms with Crippen molar-refractivity contribution in [3.8, 4) is 11.4 Å². The van der Waals surface area contributed by atoms with Crippen molar-refractivity contribution in [1.82, 2.24) is 9.97 Å². The van der Waals surface area contributed by atoms with Crippen LogP contribution < -0.4 is 5.32 Å². The molecule has 2 rings (SSSR count). The van der Waals surface area contributed by atoms with Gasteiger partial charge in [-0.05, 0) is 6.42 Å². The van der Waals surface area contributed by atoms with Gasteiger partial charge < -0.3 is 5.32 Å². The van der Waals surface area contributed by atoms with Crippen LogP contribution in [0.4, 0.5) is 5.82 Å². The molecule has 0 aliphatic carbocycles. The molecule has 0 saturated carbocycles. The number of nitrogens with zero attached hydrogens (tertiary/aromatic N) is 2. The van der Waals surface area contributed by atoms with Crippen LogP contribution in [0.1, 0.15) is 13.3 Å². The monoisotopic (exact) mass is 247 g/mol. The lowest BCUT2D eigenvalue weighted by Crippen LogP contribution is -2.03. The highest BCUT2D eigenvalue weighted by Gasteiger charge is 2.04. The van der Waals surface area contributed by atoms with Gasteiger partial charge in [-0.2, -0.15) is 0 Å².